The highest BCUT2D eigenvalue weighted by molar-refractivity contribution is 5.92. The Kier molecular flexibility index (Phi) is 6.48. The van der Waals surface area contributed by atoms with Crippen LogP contribution in [0.15, 0.2) is 42.9 Å². The number of para-hydroxylation sites is 1. The van der Waals surface area contributed by atoms with Gasteiger partial charge in [0.15, 0.2) is 0 Å². The molecule has 164 valence electrons. The van der Waals surface area contributed by atoms with Crippen LogP contribution in [0.2, 0.25) is 0 Å². The number of nitrogens with one attached hydrogen (secondary N) is 2. The van der Waals surface area contributed by atoms with Crippen LogP contribution in [0.4, 0.5) is 5.95 Å². The first-order valence-corrected chi connectivity index (χ1v) is 10.9. The van der Waals surface area contributed by atoms with E-state index in [1.165, 1.54) is 28.9 Å². The standard InChI is InChI=1S/C23H30N6O2/c1-16(2)29-15-19(20-5-3-4-6-21(20)29)12-24-11-17-7-9-28(10-8-17)23-25-13-18(14-26-23)22(30)27-31/h3-6,13-17,24,31H,7-12H2,1-2H3,(H,27,30). The van der Waals surface area contributed by atoms with Crippen LogP contribution in [-0.2, 0) is 6.54 Å². The molecule has 1 aliphatic rings. The van der Waals surface area contributed by atoms with Crippen molar-refractivity contribution in [1.29, 1.82) is 0 Å². The van der Waals surface area contributed by atoms with Gasteiger partial charge in [0.05, 0.1) is 5.56 Å². The number of hydrogen-bond acceptors (Lipinski definition) is 6. The van der Waals surface area contributed by atoms with E-state index < -0.39 is 5.91 Å². The number of benzene rings is 1. The average Bonchev–Trinajstić information content (AvgIpc) is 3.18. The lowest BCUT2D eigenvalue weighted by molar-refractivity contribution is 0.0705. The zero-order valence-electron chi connectivity index (χ0n) is 18.1. The number of amides is 1. The first kappa shape index (κ1) is 21.3. The molecule has 1 fully saturated rings. The Hall–Kier alpha value is -2.97. The summed E-state index contributed by atoms with van der Waals surface area (Å²) in [4.78, 5) is 22.1. The molecule has 1 aliphatic heterocycles. The lowest BCUT2D eigenvalue weighted by Crippen LogP contribution is -2.38. The van der Waals surface area contributed by atoms with Gasteiger partial charge in [0.1, 0.15) is 0 Å². The molecular weight excluding hydrogens is 392 g/mol. The second kappa shape index (κ2) is 9.45. The molecule has 8 nitrogen and oxygen atoms in total. The highest BCUT2D eigenvalue weighted by Gasteiger charge is 2.21. The topological polar surface area (TPSA) is 95.3 Å². The van der Waals surface area contributed by atoms with Gasteiger partial charge in [-0.3, -0.25) is 10.0 Å². The maximum absolute atomic E-state index is 11.4. The van der Waals surface area contributed by atoms with E-state index in [1.54, 1.807) is 5.48 Å². The minimum Gasteiger partial charge on any atom is -0.345 e. The Morgan fingerprint density at radius 1 is 1.19 bits per heavy atom. The molecule has 0 aliphatic carbocycles. The van der Waals surface area contributed by atoms with Gasteiger partial charge < -0.3 is 14.8 Å². The van der Waals surface area contributed by atoms with E-state index in [0.717, 1.165) is 39.0 Å². The average molecular weight is 423 g/mol. The van der Waals surface area contributed by atoms with E-state index in [1.807, 2.05) is 0 Å². The third-order valence-corrected chi connectivity index (χ3v) is 6.03. The van der Waals surface area contributed by atoms with E-state index in [-0.39, 0.29) is 5.56 Å². The van der Waals surface area contributed by atoms with Crippen molar-refractivity contribution >= 4 is 22.8 Å². The molecule has 31 heavy (non-hydrogen) atoms. The largest absolute Gasteiger partial charge is 0.345 e. The van der Waals surface area contributed by atoms with Crippen LogP contribution < -0.4 is 15.7 Å². The molecule has 3 heterocycles. The molecule has 8 heteroatoms. The fourth-order valence-corrected chi connectivity index (χ4v) is 4.26. The molecular formula is C23H30N6O2. The highest BCUT2D eigenvalue weighted by Crippen LogP contribution is 2.25. The Labute approximate surface area is 182 Å². The summed E-state index contributed by atoms with van der Waals surface area (Å²) >= 11 is 0. The number of hydroxylamine groups is 1. The van der Waals surface area contributed by atoms with Crippen LogP contribution in [0, 0.1) is 5.92 Å². The van der Waals surface area contributed by atoms with Crippen molar-refractivity contribution in [2.45, 2.75) is 39.3 Å². The Balaban J connectivity index is 1.28. The lowest BCUT2D eigenvalue weighted by Gasteiger charge is -2.32. The van der Waals surface area contributed by atoms with Crippen molar-refractivity contribution in [3.8, 4) is 0 Å². The van der Waals surface area contributed by atoms with Gasteiger partial charge in [-0.15, -0.1) is 0 Å². The minimum absolute atomic E-state index is 0.240. The number of anilines is 1. The number of carbonyl (C=O) groups is 1. The van der Waals surface area contributed by atoms with Crippen LogP contribution in [0.25, 0.3) is 10.9 Å². The summed E-state index contributed by atoms with van der Waals surface area (Å²) < 4.78 is 2.35. The van der Waals surface area contributed by atoms with E-state index in [9.17, 15) is 4.79 Å². The van der Waals surface area contributed by atoms with Crippen LogP contribution in [0.3, 0.4) is 0 Å². The van der Waals surface area contributed by atoms with Crippen molar-refractivity contribution in [3.63, 3.8) is 0 Å². The summed E-state index contributed by atoms with van der Waals surface area (Å²) in [5.74, 6) is 0.643. The molecule has 3 aromatic rings. The molecule has 0 saturated carbocycles. The Morgan fingerprint density at radius 3 is 2.58 bits per heavy atom. The second-order valence-electron chi connectivity index (χ2n) is 8.45. The van der Waals surface area contributed by atoms with Crippen molar-refractivity contribution < 1.29 is 10.0 Å². The molecule has 3 N–H and O–H groups in total. The predicted octanol–water partition coefficient (Wildman–Crippen LogP) is 3.14. The summed E-state index contributed by atoms with van der Waals surface area (Å²) in [6.07, 6.45) is 7.30. The van der Waals surface area contributed by atoms with Crippen molar-refractivity contribution in [3.05, 3.63) is 54.0 Å². The summed E-state index contributed by atoms with van der Waals surface area (Å²) in [7, 11) is 0. The monoisotopic (exact) mass is 422 g/mol. The summed E-state index contributed by atoms with van der Waals surface area (Å²) in [5.41, 5.74) is 4.48. The molecule has 1 aromatic carbocycles. The summed E-state index contributed by atoms with van der Waals surface area (Å²) in [6, 6.07) is 9.05. The van der Waals surface area contributed by atoms with E-state index >= 15 is 0 Å². The first-order valence-electron chi connectivity index (χ1n) is 10.9. The molecule has 0 bridgehead atoms. The fraction of sp³-hybridized carbons (Fsp3) is 0.435. The van der Waals surface area contributed by atoms with Gasteiger partial charge in [-0.2, -0.15) is 0 Å². The maximum atomic E-state index is 11.4. The Morgan fingerprint density at radius 2 is 1.90 bits per heavy atom. The van der Waals surface area contributed by atoms with Crippen LogP contribution in [0.1, 0.15) is 48.7 Å². The van der Waals surface area contributed by atoms with Crippen LogP contribution in [-0.4, -0.2) is 45.3 Å². The number of nitrogens with zero attached hydrogens (tertiary/aromatic N) is 4. The smallest absolute Gasteiger partial charge is 0.277 e. The van der Waals surface area contributed by atoms with Gasteiger partial charge in [-0.05, 0) is 50.8 Å². The zero-order valence-corrected chi connectivity index (χ0v) is 18.1. The summed E-state index contributed by atoms with van der Waals surface area (Å²) in [6.45, 7) is 8.09. The van der Waals surface area contributed by atoms with Gasteiger partial charge in [0, 0.05) is 55.2 Å². The second-order valence-corrected chi connectivity index (χ2v) is 8.45. The van der Waals surface area contributed by atoms with E-state index in [4.69, 9.17) is 5.21 Å². The number of fused-ring (bicyclic) bond motifs is 1. The lowest BCUT2D eigenvalue weighted by atomic mass is 9.97. The molecule has 0 radical (unpaired) electrons. The molecule has 4 rings (SSSR count). The minimum atomic E-state index is -0.604. The fourth-order valence-electron chi connectivity index (χ4n) is 4.26. The van der Waals surface area contributed by atoms with Crippen molar-refractivity contribution in [2.75, 3.05) is 24.5 Å². The molecule has 1 amide bonds. The number of piperidine rings is 1. The summed E-state index contributed by atoms with van der Waals surface area (Å²) in [5, 5.41) is 13.7. The zero-order chi connectivity index (χ0) is 21.8. The molecule has 0 atom stereocenters. The normalized spacial score (nSPS) is 15.0. The number of hydrogen-bond donors (Lipinski definition) is 3. The third kappa shape index (κ3) is 4.70. The van der Waals surface area contributed by atoms with Crippen LogP contribution in [0.5, 0.6) is 0 Å². The van der Waals surface area contributed by atoms with E-state index in [0.29, 0.717) is 17.9 Å². The van der Waals surface area contributed by atoms with Gasteiger partial charge in [-0.1, -0.05) is 18.2 Å². The van der Waals surface area contributed by atoms with Gasteiger partial charge in [0.2, 0.25) is 5.95 Å². The van der Waals surface area contributed by atoms with Crippen LogP contribution >= 0.6 is 0 Å². The molecule has 0 spiro atoms. The van der Waals surface area contributed by atoms with Crippen molar-refractivity contribution in [2.24, 2.45) is 5.92 Å². The quantitative estimate of drug-likeness (QED) is 0.400. The van der Waals surface area contributed by atoms with Gasteiger partial charge >= 0.3 is 0 Å². The SMILES string of the molecule is CC(C)n1cc(CNCC2CCN(c3ncc(C(=O)NO)cn3)CC2)c2ccccc21. The Bertz CT molecular complexity index is 1020. The first-order chi connectivity index (χ1) is 15.1. The molecule has 1 saturated heterocycles. The van der Waals surface area contributed by atoms with Gasteiger partial charge in [0.25, 0.3) is 5.91 Å². The number of aromatic nitrogens is 3. The number of carbonyl (C=O) groups excluding carboxylic acids is 1. The van der Waals surface area contributed by atoms with E-state index in [2.05, 4.69) is 69.1 Å². The maximum Gasteiger partial charge on any atom is 0.277 e. The highest BCUT2D eigenvalue weighted by atomic mass is 16.5. The molecule has 2 aromatic heterocycles. The predicted molar refractivity (Wildman–Crippen MR) is 120 cm³/mol. The number of rotatable bonds is 7. The van der Waals surface area contributed by atoms with Crippen molar-refractivity contribution in [1.82, 2.24) is 25.3 Å². The third-order valence-electron chi connectivity index (χ3n) is 6.03. The molecule has 0 unspecified atom stereocenters. The van der Waals surface area contributed by atoms with Gasteiger partial charge in [-0.25, -0.2) is 15.4 Å².